The zero-order valence-electron chi connectivity index (χ0n) is 20.0. The first kappa shape index (κ1) is 27.7. The molecule has 3 saturated carbocycles. The third-order valence-corrected chi connectivity index (χ3v) is 7.97. The number of rotatable bonds is 10. The highest BCUT2D eigenvalue weighted by Gasteiger charge is 2.44. The van der Waals surface area contributed by atoms with Crippen molar-refractivity contribution in [3.63, 3.8) is 0 Å². The fourth-order valence-corrected chi connectivity index (χ4v) is 5.80. The summed E-state index contributed by atoms with van der Waals surface area (Å²) in [6.45, 7) is 0.0494. The van der Waals surface area contributed by atoms with Gasteiger partial charge in [0.05, 0.1) is 24.4 Å². The van der Waals surface area contributed by atoms with Gasteiger partial charge in [-0.1, -0.05) is 0 Å². The molecule has 14 nitrogen and oxygen atoms in total. The zero-order valence-corrected chi connectivity index (χ0v) is 20.0. The van der Waals surface area contributed by atoms with Crippen LogP contribution in [0.4, 0.5) is 0 Å². The number of hydrogen-bond acceptors (Lipinski definition) is 9. The van der Waals surface area contributed by atoms with Crippen molar-refractivity contribution in [1.82, 2.24) is 10.8 Å². The Bertz CT molecular complexity index is 847. The molecule has 1 amide bonds. The minimum atomic E-state index is -1.12. The number of carboxylic acids is 2. The second-order valence-electron chi connectivity index (χ2n) is 10.2. The lowest BCUT2D eigenvalue weighted by Crippen LogP contribution is -2.49. The maximum absolute atomic E-state index is 12.8. The highest BCUT2D eigenvalue weighted by atomic mass is 16.6. The normalized spacial score (nSPS) is 34.9. The van der Waals surface area contributed by atoms with Gasteiger partial charge in [-0.25, -0.2) is 0 Å². The van der Waals surface area contributed by atoms with Crippen LogP contribution in [0.1, 0.15) is 64.2 Å². The highest BCUT2D eigenvalue weighted by Crippen LogP contribution is 2.34. The maximum atomic E-state index is 12.8. The average Bonchev–Trinajstić information content (AvgIpc) is 2.84. The summed E-state index contributed by atoms with van der Waals surface area (Å²) in [5.74, 6) is -5.57. The van der Waals surface area contributed by atoms with E-state index in [4.69, 9.17) is 4.84 Å². The number of nitro groups is 2. The standard InChI is InChI=1S/C22H34N4O10/c27-20(19-10-16(26(34)35)6-8-18(19)22(30)31)23-13-1-3-14(4-2-13)24-36-11-12-9-15(25(32)33)5-7-17(12)21(28)29/h12-19,24H,1-11H2,(H,23,27)(H,28,29)(H,30,31). The van der Waals surface area contributed by atoms with Crippen molar-refractivity contribution >= 4 is 17.8 Å². The molecule has 0 spiro atoms. The van der Waals surface area contributed by atoms with E-state index in [9.17, 15) is 44.8 Å². The monoisotopic (exact) mass is 514 g/mol. The van der Waals surface area contributed by atoms with Crippen LogP contribution in [0.5, 0.6) is 0 Å². The van der Waals surface area contributed by atoms with Crippen molar-refractivity contribution < 1.29 is 39.3 Å². The summed E-state index contributed by atoms with van der Waals surface area (Å²) in [6.07, 6.45) is 3.26. The van der Waals surface area contributed by atoms with Gasteiger partial charge in [-0.3, -0.25) is 34.6 Å². The molecule has 0 aliphatic heterocycles. The Morgan fingerprint density at radius 3 is 1.83 bits per heavy atom. The first-order valence-corrected chi connectivity index (χ1v) is 12.5. The summed E-state index contributed by atoms with van der Waals surface area (Å²) in [5.41, 5.74) is 2.92. The van der Waals surface area contributed by atoms with Crippen LogP contribution in [-0.4, -0.2) is 68.7 Å². The molecular weight excluding hydrogens is 480 g/mol. The Labute approximate surface area is 207 Å². The van der Waals surface area contributed by atoms with Crippen molar-refractivity contribution in [2.45, 2.75) is 88.4 Å². The fraction of sp³-hybridized carbons (Fsp3) is 0.864. The largest absolute Gasteiger partial charge is 0.481 e. The third-order valence-electron chi connectivity index (χ3n) is 7.97. The van der Waals surface area contributed by atoms with E-state index in [0.29, 0.717) is 25.7 Å². The summed E-state index contributed by atoms with van der Waals surface area (Å²) in [6, 6.07) is -1.91. The van der Waals surface area contributed by atoms with Gasteiger partial charge in [0.15, 0.2) is 0 Å². The van der Waals surface area contributed by atoms with Crippen molar-refractivity contribution in [2.75, 3.05) is 6.61 Å². The van der Waals surface area contributed by atoms with Crippen LogP contribution >= 0.6 is 0 Å². The lowest BCUT2D eigenvalue weighted by Gasteiger charge is -2.34. The molecule has 4 N–H and O–H groups in total. The molecule has 6 unspecified atom stereocenters. The number of nitrogens with zero attached hydrogens (tertiary/aromatic N) is 2. The van der Waals surface area contributed by atoms with Gasteiger partial charge in [0.25, 0.3) is 0 Å². The second kappa shape index (κ2) is 12.4. The van der Waals surface area contributed by atoms with Crippen molar-refractivity contribution in [3.8, 4) is 0 Å². The quantitative estimate of drug-likeness (QED) is 0.240. The number of amides is 1. The van der Waals surface area contributed by atoms with E-state index in [1.165, 1.54) is 0 Å². The Morgan fingerprint density at radius 2 is 1.28 bits per heavy atom. The Morgan fingerprint density at radius 1 is 0.750 bits per heavy atom. The van der Waals surface area contributed by atoms with Crippen LogP contribution in [0.15, 0.2) is 0 Å². The Kier molecular flexibility index (Phi) is 9.54. The number of nitrogens with one attached hydrogen (secondary N) is 2. The molecule has 0 aromatic rings. The van der Waals surface area contributed by atoms with Crippen LogP contribution in [0.2, 0.25) is 0 Å². The molecule has 3 aliphatic rings. The van der Waals surface area contributed by atoms with E-state index in [0.717, 1.165) is 0 Å². The summed E-state index contributed by atoms with van der Waals surface area (Å²) in [7, 11) is 0. The predicted molar refractivity (Wildman–Crippen MR) is 122 cm³/mol. The van der Waals surface area contributed by atoms with E-state index in [2.05, 4.69) is 10.8 Å². The van der Waals surface area contributed by atoms with Gasteiger partial charge in [-0.05, 0) is 38.5 Å². The third kappa shape index (κ3) is 7.09. The molecule has 36 heavy (non-hydrogen) atoms. The molecule has 14 heteroatoms. The van der Waals surface area contributed by atoms with E-state index >= 15 is 0 Å². The smallest absolute Gasteiger partial charge is 0.307 e. The molecule has 0 aromatic heterocycles. The number of carbonyl (C=O) groups is 3. The average molecular weight is 515 g/mol. The number of carbonyl (C=O) groups excluding carboxylic acids is 1. The number of hydroxylamine groups is 1. The summed E-state index contributed by atoms with van der Waals surface area (Å²) in [4.78, 5) is 62.9. The van der Waals surface area contributed by atoms with Crippen LogP contribution in [0.3, 0.4) is 0 Å². The molecule has 3 rings (SSSR count). The minimum Gasteiger partial charge on any atom is -0.481 e. The van der Waals surface area contributed by atoms with Gasteiger partial charge in [-0.2, -0.15) is 5.48 Å². The van der Waals surface area contributed by atoms with Gasteiger partial charge in [0.1, 0.15) is 0 Å². The maximum Gasteiger partial charge on any atom is 0.307 e. The van der Waals surface area contributed by atoms with Gasteiger partial charge in [0, 0.05) is 53.5 Å². The lowest BCUT2D eigenvalue weighted by atomic mass is 9.76. The predicted octanol–water partition coefficient (Wildman–Crippen LogP) is 1.23. The van der Waals surface area contributed by atoms with Crippen molar-refractivity contribution in [1.29, 1.82) is 0 Å². The van der Waals surface area contributed by atoms with Crippen LogP contribution in [-0.2, 0) is 19.2 Å². The first-order valence-electron chi connectivity index (χ1n) is 12.5. The van der Waals surface area contributed by atoms with Crippen LogP contribution < -0.4 is 10.8 Å². The molecule has 0 bridgehead atoms. The summed E-state index contributed by atoms with van der Waals surface area (Å²) >= 11 is 0. The molecule has 0 aromatic carbocycles. The number of aliphatic carboxylic acids is 2. The first-order chi connectivity index (χ1) is 17.1. The van der Waals surface area contributed by atoms with E-state index < -0.39 is 58.5 Å². The molecule has 3 aliphatic carbocycles. The second-order valence-corrected chi connectivity index (χ2v) is 10.2. The number of hydrogen-bond donors (Lipinski definition) is 4. The molecule has 202 valence electrons. The molecule has 0 heterocycles. The van der Waals surface area contributed by atoms with E-state index in [1.807, 2.05) is 0 Å². The minimum absolute atomic E-state index is 0.0448. The van der Waals surface area contributed by atoms with Gasteiger partial charge < -0.3 is 20.4 Å². The number of carboxylic acid groups (broad SMARTS) is 2. The van der Waals surface area contributed by atoms with Gasteiger partial charge in [-0.15, -0.1) is 0 Å². The van der Waals surface area contributed by atoms with Crippen LogP contribution in [0, 0.1) is 43.9 Å². The zero-order chi connectivity index (χ0) is 26.4. The van der Waals surface area contributed by atoms with Crippen molar-refractivity contribution in [3.05, 3.63) is 20.2 Å². The van der Waals surface area contributed by atoms with Gasteiger partial charge >= 0.3 is 11.9 Å². The molecular formula is C22H34N4O10. The van der Waals surface area contributed by atoms with Crippen LogP contribution in [0.25, 0.3) is 0 Å². The molecule has 3 fully saturated rings. The Balaban J connectivity index is 1.43. The molecule has 0 saturated heterocycles. The van der Waals surface area contributed by atoms with Crippen molar-refractivity contribution in [2.24, 2.45) is 23.7 Å². The summed E-state index contributed by atoms with van der Waals surface area (Å²) < 4.78 is 0. The highest BCUT2D eigenvalue weighted by molar-refractivity contribution is 5.85. The molecule has 6 atom stereocenters. The lowest BCUT2D eigenvalue weighted by molar-refractivity contribution is -0.528. The molecule has 0 radical (unpaired) electrons. The topological polar surface area (TPSA) is 211 Å². The van der Waals surface area contributed by atoms with Gasteiger partial charge in [0.2, 0.25) is 18.0 Å². The summed E-state index contributed by atoms with van der Waals surface area (Å²) in [5, 5.41) is 44.0. The van der Waals surface area contributed by atoms with E-state index in [1.54, 1.807) is 0 Å². The Hall–Kier alpha value is -2.87. The van der Waals surface area contributed by atoms with E-state index in [-0.39, 0.29) is 62.1 Å². The fourth-order valence-electron chi connectivity index (χ4n) is 5.80. The SMILES string of the molecule is O=C(O)C1CCC([N+](=O)[O-])CC1CONC1CCC(NC(=O)C2CC([N+](=O)[O-])CCC2C(=O)O)CC1.